The molecule has 1 atom stereocenters. The van der Waals surface area contributed by atoms with Crippen molar-refractivity contribution in [1.82, 2.24) is 0 Å². The molecule has 0 aromatic heterocycles. The summed E-state index contributed by atoms with van der Waals surface area (Å²) in [6, 6.07) is 21.3. The molecule has 0 saturated heterocycles. The normalized spacial score (nSPS) is 16.0. The summed E-state index contributed by atoms with van der Waals surface area (Å²) in [6.45, 7) is 1.93. The van der Waals surface area contributed by atoms with Crippen molar-refractivity contribution in [2.75, 3.05) is 7.11 Å². The van der Waals surface area contributed by atoms with Crippen LogP contribution in [0.25, 0.3) is 11.1 Å². The molecule has 0 aliphatic carbocycles. The van der Waals surface area contributed by atoms with E-state index in [0.29, 0.717) is 12.0 Å². The van der Waals surface area contributed by atoms with E-state index in [0.717, 1.165) is 28.0 Å². The van der Waals surface area contributed by atoms with Gasteiger partial charge in [0.1, 0.15) is 16.7 Å². The molecule has 0 bridgehead atoms. The van der Waals surface area contributed by atoms with Crippen LogP contribution < -0.4 is 4.74 Å². The molecule has 0 saturated carbocycles. The Kier molecular flexibility index (Phi) is 4.50. The van der Waals surface area contributed by atoms with Gasteiger partial charge in [-0.3, -0.25) is 4.18 Å². The van der Waals surface area contributed by atoms with Crippen molar-refractivity contribution in [3.63, 3.8) is 0 Å². The zero-order valence-electron chi connectivity index (χ0n) is 15.2. The first-order valence-corrected chi connectivity index (χ1v) is 10.2. The van der Waals surface area contributed by atoms with Gasteiger partial charge in [0.25, 0.3) is 10.1 Å². The number of rotatable bonds is 4. The van der Waals surface area contributed by atoms with Crippen LogP contribution >= 0.6 is 0 Å². The van der Waals surface area contributed by atoms with Gasteiger partial charge in [0.15, 0.2) is 0 Å². The zero-order valence-corrected chi connectivity index (χ0v) is 16.0. The van der Waals surface area contributed by atoms with E-state index >= 15 is 0 Å². The lowest BCUT2D eigenvalue weighted by atomic mass is 9.95. The Hall–Kier alpha value is -2.63. The van der Waals surface area contributed by atoms with Crippen LogP contribution in [0, 0.1) is 6.92 Å². The molecule has 4 rings (SSSR count). The van der Waals surface area contributed by atoms with E-state index in [2.05, 4.69) is 18.2 Å². The van der Waals surface area contributed by atoms with Crippen LogP contribution in [-0.2, 0) is 20.7 Å². The number of fused-ring (bicyclic) bond motifs is 1. The predicted molar refractivity (Wildman–Crippen MR) is 104 cm³/mol. The number of hydrogen-bond acceptors (Lipinski definition) is 4. The fraction of sp³-hybridized carbons (Fsp3) is 0.182. The van der Waals surface area contributed by atoms with Gasteiger partial charge in [-0.25, -0.2) is 0 Å². The minimum Gasteiger partial charge on any atom is -0.485 e. The third-order valence-electron chi connectivity index (χ3n) is 4.88. The Morgan fingerprint density at radius 1 is 1.00 bits per heavy atom. The molecule has 3 aromatic carbocycles. The molecular weight excluding hydrogens is 360 g/mol. The summed E-state index contributed by atoms with van der Waals surface area (Å²) in [5.41, 5.74) is 4.93. The average Bonchev–Trinajstić information content (AvgIpc) is 3.12. The molecule has 5 heteroatoms. The first kappa shape index (κ1) is 17.8. The van der Waals surface area contributed by atoms with E-state index < -0.39 is 10.1 Å². The Balaban J connectivity index is 1.78. The third kappa shape index (κ3) is 3.24. The van der Waals surface area contributed by atoms with Crippen LogP contribution in [0.2, 0.25) is 0 Å². The maximum atomic E-state index is 12.4. The average molecular weight is 380 g/mol. The minimum absolute atomic E-state index is 0.162. The van der Waals surface area contributed by atoms with Gasteiger partial charge in [-0.15, -0.1) is 0 Å². The molecule has 3 aromatic rings. The number of ether oxygens (including phenoxy) is 1. The summed E-state index contributed by atoms with van der Waals surface area (Å²) >= 11 is 0. The second-order valence-corrected chi connectivity index (χ2v) is 8.30. The summed E-state index contributed by atoms with van der Waals surface area (Å²) in [5.74, 6) is 0.795. The van der Waals surface area contributed by atoms with E-state index in [9.17, 15) is 8.42 Å². The van der Waals surface area contributed by atoms with E-state index in [1.54, 1.807) is 12.1 Å². The van der Waals surface area contributed by atoms with Gasteiger partial charge < -0.3 is 4.74 Å². The predicted octanol–water partition coefficient (Wildman–Crippen LogP) is 4.67. The van der Waals surface area contributed by atoms with Crippen LogP contribution in [0.5, 0.6) is 5.75 Å². The van der Waals surface area contributed by atoms with Crippen LogP contribution in [0.1, 0.15) is 22.8 Å². The lowest BCUT2D eigenvalue weighted by molar-refractivity contribution is 0.234. The highest BCUT2D eigenvalue weighted by Gasteiger charge is 2.31. The topological polar surface area (TPSA) is 52.6 Å². The standard InChI is InChI=1S/C22H20O4S/c1-15-11-12-22(27(23,24)25-2)19(13-15)21-14-18-17(9-6-10-20(18)26-21)16-7-4-3-5-8-16/h3-13,21H,14H2,1-2H3. The molecule has 1 aliphatic rings. The molecule has 1 unspecified atom stereocenters. The summed E-state index contributed by atoms with van der Waals surface area (Å²) in [4.78, 5) is 0.162. The van der Waals surface area contributed by atoms with Gasteiger partial charge in [-0.2, -0.15) is 8.42 Å². The Labute approximate surface area is 159 Å². The summed E-state index contributed by atoms with van der Waals surface area (Å²) < 4.78 is 35.7. The van der Waals surface area contributed by atoms with Gasteiger partial charge in [-0.1, -0.05) is 60.2 Å². The lowest BCUT2D eigenvalue weighted by Gasteiger charge is -2.16. The van der Waals surface area contributed by atoms with Crippen molar-refractivity contribution in [3.8, 4) is 16.9 Å². The molecule has 0 N–H and O–H groups in total. The summed E-state index contributed by atoms with van der Waals surface area (Å²) in [5, 5.41) is 0. The monoisotopic (exact) mass is 380 g/mol. The van der Waals surface area contributed by atoms with E-state index in [4.69, 9.17) is 8.92 Å². The Morgan fingerprint density at radius 3 is 2.52 bits per heavy atom. The Morgan fingerprint density at radius 2 is 1.78 bits per heavy atom. The van der Waals surface area contributed by atoms with E-state index in [1.807, 2.05) is 43.3 Å². The maximum absolute atomic E-state index is 12.4. The van der Waals surface area contributed by atoms with Crippen LogP contribution in [-0.4, -0.2) is 15.5 Å². The van der Waals surface area contributed by atoms with Gasteiger partial charge in [0, 0.05) is 17.5 Å². The minimum atomic E-state index is -3.81. The van der Waals surface area contributed by atoms with Gasteiger partial charge in [0.2, 0.25) is 0 Å². The fourth-order valence-corrected chi connectivity index (χ4v) is 4.46. The van der Waals surface area contributed by atoms with Crippen LogP contribution in [0.3, 0.4) is 0 Å². The second kappa shape index (κ2) is 6.83. The quantitative estimate of drug-likeness (QED) is 0.617. The molecule has 0 radical (unpaired) electrons. The molecule has 1 aliphatic heterocycles. The van der Waals surface area contributed by atoms with Crippen molar-refractivity contribution in [3.05, 3.63) is 83.4 Å². The summed E-state index contributed by atoms with van der Waals surface area (Å²) in [7, 11) is -2.64. The fourth-order valence-electron chi connectivity index (χ4n) is 3.57. The van der Waals surface area contributed by atoms with Crippen molar-refractivity contribution in [2.45, 2.75) is 24.3 Å². The third-order valence-corrected chi connectivity index (χ3v) is 6.23. The first-order chi connectivity index (χ1) is 13.0. The van der Waals surface area contributed by atoms with Gasteiger partial charge in [0.05, 0.1) is 7.11 Å². The largest absolute Gasteiger partial charge is 0.485 e. The SMILES string of the molecule is COS(=O)(=O)c1ccc(C)cc1C1Cc2c(cccc2-c2ccccc2)O1. The number of benzene rings is 3. The zero-order chi connectivity index (χ0) is 19.0. The summed E-state index contributed by atoms with van der Waals surface area (Å²) in [6.07, 6.45) is 0.237. The highest BCUT2D eigenvalue weighted by molar-refractivity contribution is 7.86. The van der Waals surface area contributed by atoms with Crippen molar-refractivity contribution < 1.29 is 17.3 Å². The molecule has 4 nitrogen and oxygen atoms in total. The second-order valence-electron chi connectivity index (χ2n) is 6.62. The molecule has 0 fully saturated rings. The Bertz CT molecular complexity index is 1090. The van der Waals surface area contributed by atoms with Gasteiger partial charge in [-0.05, 0) is 30.2 Å². The highest BCUT2D eigenvalue weighted by atomic mass is 32.2. The molecule has 0 spiro atoms. The molecule has 1 heterocycles. The highest BCUT2D eigenvalue weighted by Crippen LogP contribution is 2.43. The molecular formula is C22H20O4S. The molecule has 0 amide bonds. The van der Waals surface area contributed by atoms with Crippen LogP contribution in [0.4, 0.5) is 0 Å². The maximum Gasteiger partial charge on any atom is 0.297 e. The lowest BCUT2D eigenvalue weighted by Crippen LogP contribution is -2.12. The number of aryl methyl sites for hydroxylation is 1. The van der Waals surface area contributed by atoms with Gasteiger partial charge >= 0.3 is 0 Å². The van der Waals surface area contributed by atoms with Crippen molar-refractivity contribution >= 4 is 10.1 Å². The van der Waals surface area contributed by atoms with Crippen molar-refractivity contribution in [1.29, 1.82) is 0 Å². The first-order valence-electron chi connectivity index (χ1n) is 8.75. The van der Waals surface area contributed by atoms with Crippen molar-refractivity contribution in [2.24, 2.45) is 0 Å². The van der Waals surface area contributed by atoms with E-state index in [1.165, 1.54) is 7.11 Å². The molecule has 138 valence electrons. The van der Waals surface area contributed by atoms with Crippen LogP contribution in [0.15, 0.2) is 71.6 Å². The molecule has 27 heavy (non-hydrogen) atoms. The smallest absolute Gasteiger partial charge is 0.297 e. The van der Waals surface area contributed by atoms with E-state index in [-0.39, 0.29) is 11.0 Å². The number of hydrogen-bond donors (Lipinski definition) is 0.